The first-order valence-corrected chi connectivity index (χ1v) is 6.90. The molecule has 5 heteroatoms. The van der Waals surface area contributed by atoms with Gasteiger partial charge < -0.3 is 15.4 Å². The van der Waals surface area contributed by atoms with Crippen molar-refractivity contribution >= 4 is 11.6 Å². The summed E-state index contributed by atoms with van der Waals surface area (Å²) >= 11 is 0. The highest BCUT2D eigenvalue weighted by molar-refractivity contribution is 5.90. The monoisotopic (exact) mass is 285 g/mol. The van der Waals surface area contributed by atoms with Gasteiger partial charge in [0.2, 0.25) is 5.91 Å². The van der Waals surface area contributed by atoms with Gasteiger partial charge in [0, 0.05) is 24.5 Å². The van der Waals surface area contributed by atoms with Gasteiger partial charge in [-0.3, -0.25) is 9.78 Å². The molecular weight excluding hydrogens is 266 g/mol. The van der Waals surface area contributed by atoms with E-state index >= 15 is 0 Å². The molecule has 0 spiro atoms. The normalized spacial score (nSPS) is 10.1. The highest BCUT2D eigenvalue weighted by Crippen LogP contribution is 2.22. The van der Waals surface area contributed by atoms with E-state index in [0.29, 0.717) is 6.42 Å². The van der Waals surface area contributed by atoms with Gasteiger partial charge in [-0.1, -0.05) is 0 Å². The standard InChI is InChI=1S/C16H19N3O2/c1-17-10-2-3-16(20)19-13-4-6-14(7-5-13)21-15-8-11-18-12-9-15/h4-9,11-12,17H,2-3,10H2,1H3,(H,19,20). The predicted molar refractivity (Wildman–Crippen MR) is 82.5 cm³/mol. The minimum Gasteiger partial charge on any atom is -0.457 e. The summed E-state index contributed by atoms with van der Waals surface area (Å²) in [5.74, 6) is 1.47. The Balaban J connectivity index is 1.85. The van der Waals surface area contributed by atoms with E-state index in [1.165, 1.54) is 0 Å². The Kier molecular flexibility index (Phi) is 5.72. The van der Waals surface area contributed by atoms with Gasteiger partial charge >= 0.3 is 0 Å². The third-order valence-electron chi connectivity index (χ3n) is 2.85. The van der Waals surface area contributed by atoms with Gasteiger partial charge in [-0.15, -0.1) is 0 Å². The maximum absolute atomic E-state index is 11.7. The van der Waals surface area contributed by atoms with E-state index in [1.54, 1.807) is 24.5 Å². The van der Waals surface area contributed by atoms with Crippen molar-refractivity contribution in [2.75, 3.05) is 18.9 Å². The number of aromatic nitrogens is 1. The number of anilines is 1. The van der Waals surface area contributed by atoms with Crippen molar-refractivity contribution in [1.82, 2.24) is 10.3 Å². The summed E-state index contributed by atoms with van der Waals surface area (Å²) in [5.41, 5.74) is 0.770. The van der Waals surface area contributed by atoms with Crippen LogP contribution in [0.2, 0.25) is 0 Å². The molecule has 0 aliphatic heterocycles. The first-order valence-electron chi connectivity index (χ1n) is 6.90. The van der Waals surface area contributed by atoms with E-state index in [1.807, 2.05) is 31.3 Å². The summed E-state index contributed by atoms with van der Waals surface area (Å²) in [6.45, 7) is 0.839. The van der Waals surface area contributed by atoms with E-state index in [-0.39, 0.29) is 5.91 Å². The summed E-state index contributed by atoms with van der Waals surface area (Å²) < 4.78 is 5.66. The summed E-state index contributed by atoms with van der Waals surface area (Å²) in [6.07, 6.45) is 4.69. The van der Waals surface area contributed by atoms with Crippen LogP contribution >= 0.6 is 0 Å². The van der Waals surface area contributed by atoms with Crippen LogP contribution in [0.25, 0.3) is 0 Å². The number of carbonyl (C=O) groups is 1. The van der Waals surface area contributed by atoms with Crippen LogP contribution in [0, 0.1) is 0 Å². The van der Waals surface area contributed by atoms with Gasteiger partial charge in [0.05, 0.1) is 0 Å². The molecule has 2 rings (SSSR count). The highest BCUT2D eigenvalue weighted by atomic mass is 16.5. The minimum atomic E-state index is 0.0213. The molecule has 1 aromatic heterocycles. The van der Waals surface area contributed by atoms with E-state index in [9.17, 15) is 4.79 Å². The Morgan fingerprint density at radius 3 is 2.43 bits per heavy atom. The lowest BCUT2D eigenvalue weighted by atomic mass is 10.2. The van der Waals surface area contributed by atoms with E-state index in [4.69, 9.17) is 4.74 Å². The molecule has 5 nitrogen and oxygen atoms in total. The maximum Gasteiger partial charge on any atom is 0.224 e. The third kappa shape index (κ3) is 5.24. The van der Waals surface area contributed by atoms with Crippen LogP contribution < -0.4 is 15.4 Å². The van der Waals surface area contributed by atoms with Crippen molar-refractivity contribution in [3.05, 3.63) is 48.8 Å². The largest absolute Gasteiger partial charge is 0.457 e. The lowest BCUT2D eigenvalue weighted by Gasteiger charge is -2.08. The lowest BCUT2D eigenvalue weighted by molar-refractivity contribution is -0.116. The van der Waals surface area contributed by atoms with Gasteiger partial charge in [0.1, 0.15) is 11.5 Å². The number of carbonyl (C=O) groups excluding carboxylic acids is 1. The zero-order valence-electron chi connectivity index (χ0n) is 12.0. The van der Waals surface area contributed by atoms with Crippen LogP contribution in [-0.4, -0.2) is 24.5 Å². The number of hydrogen-bond acceptors (Lipinski definition) is 4. The molecule has 0 radical (unpaired) electrons. The van der Waals surface area contributed by atoms with Crippen molar-refractivity contribution in [2.45, 2.75) is 12.8 Å². The molecule has 0 saturated carbocycles. The Labute approximate surface area is 124 Å². The predicted octanol–water partition coefficient (Wildman–Crippen LogP) is 2.81. The fraction of sp³-hybridized carbons (Fsp3) is 0.250. The number of ether oxygens (including phenoxy) is 1. The van der Waals surface area contributed by atoms with Crippen LogP contribution in [0.15, 0.2) is 48.8 Å². The fourth-order valence-corrected chi connectivity index (χ4v) is 1.80. The number of rotatable bonds is 7. The molecule has 0 saturated heterocycles. The van der Waals surface area contributed by atoms with Crippen LogP contribution in [0.4, 0.5) is 5.69 Å². The molecule has 0 unspecified atom stereocenters. The topological polar surface area (TPSA) is 63.2 Å². The number of hydrogen-bond donors (Lipinski definition) is 2. The molecule has 1 heterocycles. The number of pyridine rings is 1. The molecule has 0 aliphatic rings. The maximum atomic E-state index is 11.7. The molecule has 0 fully saturated rings. The second-order valence-corrected chi connectivity index (χ2v) is 4.56. The Morgan fingerprint density at radius 2 is 1.76 bits per heavy atom. The fourth-order valence-electron chi connectivity index (χ4n) is 1.80. The zero-order valence-corrected chi connectivity index (χ0v) is 12.0. The highest BCUT2D eigenvalue weighted by Gasteiger charge is 2.02. The summed E-state index contributed by atoms with van der Waals surface area (Å²) in [4.78, 5) is 15.6. The van der Waals surface area contributed by atoms with Gasteiger partial charge in [-0.2, -0.15) is 0 Å². The second kappa shape index (κ2) is 8.01. The zero-order chi connectivity index (χ0) is 14.9. The van der Waals surface area contributed by atoms with Crippen LogP contribution in [0.1, 0.15) is 12.8 Å². The smallest absolute Gasteiger partial charge is 0.224 e. The van der Waals surface area contributed by atoms with Crippen LogP contribution in [-0.2, 0) is 4.79 Å². The average molecular weight is 285 g/mol. The third-order valence-corrected chi connectivity index (χ3v) is 2.85. The molecule has 2 aromatic rings. The molecule has 0 aliphatic carbocycles. The number of amides is 1. The summed E-state index contributed by atoms with van der Waals surface area (Å²) in [5, 5.41) is 5.88. The van der Waals surface area contributed by atoms with E-state index in [0.717, 1.165) is 30.2 Å². The van der Waals surface area contributed by atoms with Gasteiger partial charge in [0.25, 0.3) is 0 Å². The first kappa shape index (κ1) is 15.0. The molecule has 1 aromatic carbocycles. The number of nitrogens with one attached hydrogen (secondary N) is 2. The van der Waals surface area contributed by atoms with Crippen LogP contribution in [0.5, 0.6) is 11.5 Å². The van der Waals surface area contributed by atoms with Gasteiger partial charge in [-0.25, -0.2) is 0 Å². The van der Waals surface area contributed by atoms with E-state index < -0.39 is 0 Å². The number of benzene rings is 1. The molecule has 1 amide bonds. The molecule has 0 atom stereocenters. The first-order chi connectivity index (χ1) is 10.3. The Hall–Kier alpha value is -2.40. The molecule has 21 heavy (non-hydrogen) atoms. The second-order valence-electron chi connectivity index (χ2n) is 4.56. The number of nitrogens with zero attached hydrogens (tertiary/aromatic N) is 1. The molecule has 0 bridgehead atoms. The van der Waals surface area contributed by atoms with Crippen molar-refractivity contribution < 1.29 is 9.53 Å². The van der Waals surface area contributed by atoms with Gasteiger partial charge in [-0.05, 0) is 56.4 Å². The average Bonchev–Trinajstić information content (AvgIpc) is 2.51. The van der Waals surface area contributed by atoms with Crippen molar-refractivity contribution in [3.8, 4) is 11.5 Å². The molecule has 2 N–H and O–H groups in total. The summed E-state index contributed by atoms with van der Waals surface area (Å²) in [7, 11) is 1.87. The lowest BCUT2D eigenvalue weighted by Crippen LogP contribution is -2.15. The SMILES string of the molecule is CNCCCC(=O)Nc1ccc(Oc2ccncc2)cc1. The van der Waals surface area contributed by atoms with E-state index in [2.05, 4.69) is 15.6 Å². The van der Waals surface area contributed by atoms with Crippen molar-refractivity contribution in [1.29, 1.82) is 0 Å². The molecule has 110 valence electrons. The minimum absolute atomic E-state index is 0.0213. The Morgan fingerprint density at radius 1 is 1.10 bits per heavy atom. The van der Waals surface area contributed by atoms with Gasteiger partial charge in [0.15, 0.2) is 0 Å². The summed E-state index contributed by atoms with van der Waals surface area (Å²) in [6, 6.07) is 10.9. The van der Waals surface area contributed by atoms with Crippen molar-refractivity contribution in [3.63, 3.8) is 0 Å². The van der Waals surface area contributed by atoms with Crippen LogP contribution in [0.3, 0.4) is 0 Å². The molecular formula is C16H19N3O2. The van der Waals surface area contributed by atoms with Crippen molar-refractivity contribution in [2.24, 2.45) is 0 Å². The quantitative estimate of drug-likeness (QED) is 0.768. The Bertz CT molecular complexity index is 555.